The number of hydrogen-bond donors (Lipinski definition) is 2. The van der Waals surface area contributed by atoms with E-state index < -0.39 is 17.9 Å². The van der Waals surface area contributed by atoms with Crippen LogP contribution in [0, 0.1) is 0 Å². The van der Waals surface area contributed by atoms with Crippen molar-refractivity contribution in [2.24, 2.45) is 0 Å². The lowest BCUT2D eigenvalue weighted by Gasteiger charge is -2.10. The molecule has 0 aliphatic carbocycles. The Morgan fingerprint density at radius 3 is 2.62 bits per heavy atom. The Morgan fingerprint density at radius 2 is 2.12 bits per heavy atom. The van der Waals surface area contributed by atoms with Gasteiger partial charge in [-0.25, -0.2) is 4.79 Å². The minimum absolute atomic E-state index is 0.273. The SMILES string of the molecule is COC(=O)[C@H](C)NC(=O)c1ccc(=O)[nH]c1. The average Bonchev–Trinajstić information content (AvgIpc) is 2.28. The summed E-state index contributed by atoms with van der Waals surface area (Å²) in [6.45, 7) is 1.51. The Balaban J connectivity index is 2.69. The summed E-state index contributed by atoms with van der Waals surface area (Å²) in [6.07, 6.45) is 1.28. The third-order valence-electron chi connectivity index (χ3n) is 1.95. The molecule has 0 bridgehead atoms. The van der Waals surface area contributed by atoms with Gasteiger partial charge in [0.2, 0.25) is 5.56 Å². The van der Waals surface area contributed by atoms with Crippen LogP contribution in [0.2, 0.25) is 0 Å². The fourth-order valence-corrected chi connectivity index (χ4v) is 1.07. The van der Waals surface area contributed by atoms with E-state index in [1.807, 2.05) is 0 Å². The lowest BCUT2D eigenvalue weighted by Crippen LogP contribution is -2.39. The molecule has 0 unspecified atom stereocenters. The molecule has 0 fully saturated rings. The van der Waals surface area contributed by atoms with Gasteiger partial charge in [0.05, 0.1) is 12.7 Å². The van der Waals surface area contributed by atoms with Gasteiger partial charge >= 0.3 is 5.97 Å². The van der Waals surface area contributed by atoms with Crippen LogP contribution in [-0.2, 0) is 9.53 Å². The number of nitrogens with one attached hydrogen (secondary N) is 2. The van der Waals surface area contributed by atoms with Crippen LogP contribution >= 0.6 is 0 Å². The molecule has 0 saturated carbocycles. The topological polar surface area (TPSA) is 88.3 Å². The second-order valence-electron chi connectivity index (χ2n) is 3.16. The van der Waals surface area contributed by atoms with Crippen LogP contribution in [0.5, 0.6) is 0 Å². The fraction of sp³-hybridized carbons (Fsp3) is 0.300. The van der Waals surface area contributed by atoms with Gasteiger partial charge in [-0.05, 0) is 13.0 Å². The molecule has 1 aromatic rings. The van der Waals surface area contributed by atoms with E-state index in [-0.39, 0.29) is 11.1 Å². The number of aromatic amines is 1. The second-order valence-corrected chi connectivity index (χ2v) is 3.16. The number of ether oxygens (including phenoxy) is 1. The molecule has 1 rings (SSSR count). The maximum absolute atomic E-state index is 11.5. The van der Waals surface area contributed by atoms with Gasteiger partial charge in [0, 0.05) is 12.3 Å². The Kier molecular flexibility index (Phi) is 3.82. The van der Waals surface area contributed by atoms with Crippen molar-refractivity contribution in [1.82, 2.24) is 10.3 Å². The third kappa shape index (κ3) is 2.94. The van der Waals surface area contributed by atoms with E-state index in [0.29, 0.717) is 0 Å². The van der Waals surface area contributed by atoms with Crippen LogP contribution < -0.4 is 10.9 Å². The summed E-state index contributed by atoms with van der Waals surface area (Å²) in [7, 11) is 1.24. The molecule has 0 aliphatic heterocycles. The molecule has 1 heterocycles. The predicted octanol–water partition coefficient (Wildman–Crippen LogP) is -0.334. The number of pyridine rings is 1. The van der Waals surface area contributed by atoms with E-state index in [9.17, 15) is 14.4 Å². The monoisotopic (exact) mass is 224 g/mol. The first-order valence-corrected chi connectivity index (χ1v) is 4.62. The maximum Gasteiger partial charge on any atom is 0.328 e. The van der Waals surface area contributed by atoms with Crippen LogP contribution in [0.4, 0.5) is 0 Å². The van der Waals surface area contributed by atoms with Crippen molar-refractivity contribution < 1.29 is 14.3 Å². The van der Waals surface area contributed by atoms with Crippen molar-refractivity contribution in [3.05, 3.63) is 34.2 Å². The molecule has 1 atom stereocenters. The van der Waals surface area contributed by atoms with Crippen LogP contribution in [0.15, 0.2) is 23.1 Å². The Labute approximate surface area is 91.6 Å². The molecule has 6 nitrogen and oxygen atoms in total. The average molecular weight is 224 g/mol. The molecule has 0 radical (unpaired) electrons. The van der Waals surface area contributed by atoms with Gasteiger partial charge in [-0.1, -0.05) is 0 Å². The van der Waals surface area contributed by atoms with Crippen LogP contribution in [0.1, 0.15) is 17.3 Å². The first-order valence-electron chi connectivity index (χ1n) is 4.62. The van der Waals surface area contributed by atoms with Gasteiger partial charge in [-0.2, -0.15) is 0 Å². The summed E-state index contributed by atoms with van der Waals surface area (Å²) < 4.78 is 4.46. The first kappa shape index (κ1) is 12.0. The highest BCUT2D eigenvalue weighted by Crippen LogP contribution is 1.95. The molecule has 0 aromatic carbocycles. The molecule has 0 spiro atoms. The summed E-state index contributed by atoms with van der Waals surface area (Å²) in [6, 6.07) is 1.88. The number of aromatic nitrogens is 1. The van der Waals surface area contributed by atoms with E-state index in [4.69, 9.17) is 0 Å². The molecule has 1 amide bonds. The van der Waals surface area contributed by atoms with Crippen LogP contribution in [0.25, 0.3) is 0 Å². The smallest absolute Gasteiger partial charge is 0.328 e. The molecule has 0 saturated heterocycles. The minimum Gasteiger partial charge on any atom is -0.467 e. The number of amides is 1. The number of methoxy groups -OCH3 is 1. The molecule has 0 aliphatic rings. The number of H-pyrrole nitrogens is 1. The van der Waals surface area contributed by atoms with E-state index >= 15 is 0 Å². The van der Waals surface area contributed by atoms with Crippen molar-refractivity contribution in [1.29, 1.82) is 0 Å². The lowest BCUT2D eigenvalue weighted by atomic mass is 10.2. The highest BCUT2D eigenvalue weighted by atomic mass is 16.5. The van der Waals surface area contributed by atoms with Gasteiger partial charge < -0.3 is 15.0 Å². The van der Waals surface area contributed by atoms with Crippen molar-refractivity contribution in [3.63, 3.8) is 0 Å². The maximum atomic E-state index is 11.5. The largest absolute Gasteiger partial charge is 0.467 e. The molecule has 86 valence electrons. The Bertz CT molecular complexity index is 432. The molecule has 1 aromatic heterocycles. The lowest BCUT2D eigenvalue weighted by molar-refractivity contribution is -0.142. The number of carbonyl (C=O) groups is 2. The second kappa shape index (κ2) is 5.11. The minimum atomic E-state index is -0.732. The summed E-state index contributed by atoms with van der Waals surface area (Å²) in [4.78, 5) is 35.7. The van der Waals surface area contributed by atoms with Crippen molar-refractivity contribution in [2.45, 2.75) is 13.0 Å². The number of carbonyl (C=O) groups excluding carboxylic acids is 2. The summed E-state index contributed by atoms with van der Waals surface area (Å²) in [5.74, 6) is -0.980. The van der Waals surface area contributed by atoms with Crippen molar-refractivity contribution in [3.8, 4) is 0 Å². The van der Waals surface area contributed by atoms with E-state index in [2.05, 4.69) is 15.0 Å². The fourth-order valence-electron chi connectivity index (χ4n) is 1.07. The molecule has 16 heavy (non-hydrogen) atoms. The Morgan fingerprint density at radius 1 is 1.44 bits per heavy atom. The highest BCUT2D eigenvalue weighted by molar-refractivity contribution is 5.96. The number of rotatable bonds is 3. The molecular weight excluding hydrogens is 212 g/mol. The van der Waals surface area contributed by atoms with Crippen molar-refractivity contribution >= 4 is 11.9 Å². The van der Waals surface area contributed by atoms with Crippen molar-refractivity contribution in [2.75, 3.05) is 7.11 Å². The zero-order chi connectivity index (χ0) is 12.1. The van der Waals surface area contributed by atoms with Crippen LogP contribution in [-0.4, -0.2) is 30.0 Å². The number of hydrogen-bond acceptors (Lipinski definition) is 4. The summed E-state index contributed by atoms with van der Waals surface area (Å²) in [5.41, 5.74) is -0.0204. The van der Waals surface area contributed by atoms with Gasteiger partial charge in [0.1, 0.15) is 6.04 Å². The quantitative estimate of drug-likeness (QED) is 0.688. The molecular formula is C10H12N2O4. The molecule has 6 heteroatoms. The van der Waals surface area contributed by atoms with E-state index in [1.165, 1.54) is 32.4 Å². The van der Waals surface area contributed by atoms with E-state index in [0.717, 1.165) is 0 Å². The van der Waals surface area contributed by atoms with Crippen LogP contribution in [0.3, 0.4) is 0 Å². The standard InChI is InChI=1S/C10H12N2O4/c1-6(10(15)16-2)12-9(14)7-3-4-8(13)11-5-7/h3-6H,1-2H3,(H,11,13)(H,12,14)/t6-/m0/s1. The first-order chi connectivity index (χ1) is 7.54. The number of esters is 1. The Hall–Kier alpha value is -2.11. The molecule has 2 N–H and O–H groups in total. The zero-order valence-corrected chi connectivity index (χ0v) is 8.94. The normalized spacial score (nSPS) is 11.6. The van der Waals surface area contributed by atoms with Gasteiger partial charge in [0.25, 0.3) is 5.91 Å². The van der Waals surface area contributed by atoms with Gasteiger partial charge in [-0.3, -0.25) is 9.59 Å². The highest BCUT2D eigenvalue weighted by Gasteiger charge is 2.16. The predicted molar refractivity (Wildman–Crippen MR) is 56.0 cm³/mol. The van der Waals surface area contributed by atoms with Gasteiger partial charge in [0.15, 0.2) is 0 Å². The third-order valence-corrected chi connectivity index (χ3v) is 1.95. The summed E-state index contributed by atoms with van der Waals surface area (Å²) in [5, 5.41) is 2.43. The van der Waals surface area contributed by atoms with Gasteiger partial charge in [-0.15, -0.1) is 0 Å². The summed E-state index contributed by atoms with van der Waals surface area (Å²) >= 11 is 0. The zero-order valence-electron chi connectivity index (χ0n) is 8.94. The van der Waals surface area contributed by atoms with E-state index in [1.54, 1.807) is 0 Å².